The van der Waals surface area contributed by atoms with Crippen molar-refractivity contribution in [2.75, 3.05) is 13.1 Å². The third kappa shape index (κ3) is 1.62. The lowest BCUT2D eigenvalue weighted by Crippen LogP contribution is -2.26. The van der Waals surface area contributed by atoms with Crippen LogP contribution >= 0.6 is 0 Å². The Morgan fingerprint density at radius 3 is 2.61 bits per heavy atom. The van der Waals surface area contributed by atoms with Crippen LogP contribution in [0.2, 0.25) is 0 Å². The minimum absolute atomic E-state index is 0.275. The first kappa shape index (κ1) is 11.6. The standard InChI is InChI=1S/C15H19NO2/c1-9-10(2)14(11-3-5-16-6-4-11)15-12(9)7-18-8-13(15)17/h7-8,11,16-17H,3-6H2,1-2H3. The Balaban J connectivity index is 2.18. The quantitative estimate of drug-likeness (QED) is 0.811. The monoisotopic (exact) mass is 245 g/mol. The molecule has 0 unspecified atom stereocenters. The summed E-state index contributed by atoms with van der Waals surface area (Å²) in [6.07, 6.45) is 5.48. The molecule has 0 saturated carbocycles. The zero-order chi connectivity index (χ0) is 12.7. The maximum Gasteiger partial charge on any atom is 0.159 e. The summed E-state index contributed by atoms with van der Waals surface area (Å²) in [5, 5.41) is 13.5. The predicted octanol–water partition coefficient (Wildman–Crippen LogP) is 3.17. The van der Waals surface area contributed by atoms with Crippen LogP contribution in [0.15, 0.2) is 16.9 Å². The summed E-state index contributed by atoms with van der Waals surface area (Å²) in [5.74, 6) is 0.827. The first-order chi connectivity index (χ1) is 8.70. The van der Waals surface area contributed by atoms with E-state index in [-0.39, 0.29) is 5.75 Å². The summed E-state index contributed by atoms with van der Waals surface area (Å²) in [6.45, 7) is 6.39. The molecule has 0 amide bonds. The minimum Gasteiger partial charge on any atom is -0.504 e. The largest absolute Gasteiger partial charge is 0.504 e. The lowest BCUT2D eigenvalue weighted by Gasteiger charge is -2.24. The second-order valence-electron chi connectivity index (χ2n) is 5.23. The summed E-state index contributed by atoms with van der Waals surface area (Å²) in [4.78, 5) is 0. The summed E-state index contributed by atoms with van der Waals surface area (Å²) >= 11 is 0. The summed E-state index contributed by atoms with van der Waals surface area (Å²) in [7, 11) is 0. The first-order valence-corrected chi connectivity index (χ1v) is 6.58. The Morgan fingerprint density at radius 1 is 1.17 bits per heavy atom. The van der Waals surface area contributed by atoms with E-state index in [0.717, 1.165) is 37.1 Å². The molecule has 2 heterocycles. The Bertz CT molecular complexity index is 538. The Hall–Kier alpha value is -1.48. The smallest absolute Gasteiger partial charge is 0.159 e. The van der Waals surface area contributed by atoms with Gasteiger partial charge in [0.05, 0.1) is 6.26 Å². The van der Waals surface area contributed by atoms with E-state index < -0.39 is 0 Å². The second kappa shape index (κ2) is 4.32. The molecular formula is C15H19NO2. The molecular weight excluding hydrogens is 226 g/mol. The Kier molecular flexibility index (Phi) is 2.78. The molecule has 3 heteroatoms. The highest BCUT2D eigenvalue weighted by Crippen LogP contribution is 2.46. The highest BCUT2D eigenvalue weighted by atomic mass is 16.3. The fourth-order valence-corrected chi connectivity index (χ4v) is 3.19. The van der Waals surface area contributed by atoms with Gasteiger partial charge in [0.15, 0.2) is 5.75 Å². The van der Waals surface area contributed by atoms with Crippen LogP contribution < -0.4 is 5.32 Å². The molecule has 0 aromatic rings. The molecule has 3 aliphatic rings. The van der Waals surface area contributed by atoms with Gasteiger partial charge in [-0.25, -0.2) is 0 Å². The summed E-state index contributed by atoms with van der Waals surface area (Å²) < 4.78 is 5.20. The van der Waals surface area contributed by atoms with Crippen LogP contribution in [0.5, 0.6) is 5.75 Å². The van der Waals surface area contributed by atoms with E-state index in [1.807, 2.05) is 0 Å². The van der Waals surface area contributed by atoms with Gasteiger partial charge in [-0.05, 0) is 62.4 Å². The fourth-order valence-electron chi connectivity index (χ4n) is 3.19. The molecule has 1 aliphatic carbocycles. The van der Waals surface area contributed by atoms with Crippen LogP contribution in [-0.2, 0) is 0 Å². The maximum atomic E-state index is 10.1. The Labute approximate surface area is 107 Å². The molecule has 2 aliphatic heterocycles. The van der Waals surface area contributed by atoms with Crippen molar-refractivity contribution in [1.82, 2.24) is 5.32 Å². The average molecular weight is 245 g/mol. The zero-order valence-electron chi connectivity index (χ0n) is 10.9. The molecule has 0 bridgehead atoms. The number of piperidine rings is 1. The van der Waals surface area contributed by atoms with Crippen LogP contribution in [0.25, 0.3) is 11.1 Å². The van der Waals surface area contributed by atoms with Crippen molar-refractivity contribution in [1.29, 1.82) is 0 Å². The van der Waals surface area contributed by atoms with Gasteiger partial charge >= 0.3 is 0 Å². The van der Waals surface area contributed by atoms with E-state index in [2.05, 4.69) is 19.2 Å². The predicted molar refractivity (Wildman–Crippen MR) is 71.3 cm³/mol. The van der Waals surface area contributed by atoms with Crippen LogP contribution in [0.4, 0.5) is 0 Å². The van der Waals surface area contributed by atoms with Gasteiger partial charge < -0.3 is 14.8 Å². The van der Waals surface area contributed by atoms with Crippen molar-refractivity contribution < 1.29 is 9.52 Å². The average Bonchev–Trinajstić information content (AvgIpc) is 2.65. The molecule has 96 valence electrons. The number of hydrogen-bond donors (Lipinski definition) is 2. The van der Waals surface area contributed by atoms with Crippen molar-refractivity contribution >= 4 is 0 Å². The van der Waals surface area contributed by atoms with Gasteiger partial charge in [-0.15, -0.1) is 0 Å². The number of hydrogen-bond acceptors (Lipinski definition) is 3. The highest BCUT2D eigenvalue weighted by Gasteiger charge is 2.28. The van der Waals surface area contributed by atoms with Crippen molar-refractivity contribution in [2.24, 2.45) is 0 Å². The molecule has 18 heavy (non-hydrogen) atoms. The van der Waals surface area contributed by atoms with Gasteiger partial charge in [-0.2, -0.15) is 0 Å². The molecule has 1 saturated heterocycles. The SMILES string of the molecule is Cc1c2cocc(O)c-2c(C2CCNCC2)c1C. The van der Waals surface area contributed by atoms with Gasteiger partial charge in [-0.1, -0.05) is 0 Å². The highest BCUT2D eigenvalue weighted by molar-refractivity contribution is 5.81. The van der Waals surface area contributed by atoms with E-state index >= 15 is 0 Å². The topological polar surface area (TPSA) is 45.4 Å². The molecule has 0 atom stereocenters. The number of nitrogens with one attached hydrogen (secondary N) is 1. The minimum atomic E-state index is 0.275. The van der Waals surface area contributed by atoms with Gasteiger partial charge in [0, 0.05) is 11.1 Å². The van der Waals surface area contributed by atoms with Gasteiger partial charge in [0.1, 0.15) is 6.26 Å². The summed E-state index contributed by atoms with van der Waals surface area (Å²) in [6, 6.07) is 0. The van der Waals surface area contributed by atoms with Crippen molar-refractivity contribution in [2.45, 2.75) is 32.6 Å². The molecule has 3 rings (SSSR count). The van der Waals surface area contributed by atoms with Crippen molar-refractivity contribution in [3.05, 3.63) is 29.2 Å². The molecule has 0 aromatic heterocycles. The number of fused-ring (bicyclic) bond motifs is 1. The van der Waals surface area contributed by atoms with Crippen LogP contribution in [0, 0.1) is 13.8 Å². The maximum absolute atomic E-state index is 10.1. The first-order valence-electron chi connectivity index (χ1n) is 6.58. The van der Waals surface area contributed by atoms with Gasteiger partial charge in [0.2, 0.25) is 0 Å². The van der Waals surface area contributed by atoms with E-state index in [1.54, 1.807) is 6.26 Å². The third-order valence-electron chi connectivity index (χ3n) is 4.28. The van der Waals surface area contributed by atoms with Crippen LogP contribution in [-0.4, -0.2) is 18.2 Å². The molecule has 0 radical (unpaired) electrons. The lowest BCUT2D eigenvalue weighted by atomic mass is 9.87. The van der Waals surface area contributed by atoms with E-state index in [0.29, 0.717) is 5.92 Å². The molecule has 0 spiro atoms. The summed E-state index contributed by atoms with van der Waals surface area (Å²) in [5.41, 5.74) is 5.94. The van der Waals surface area contributed by atoms with E-state index in [9.17, 15) is 5.11 Å². The van der Waals surface area contributed by atoms with Crippen LogP contribution in [0.1, 0.15) is 35.4 Å². The van der Waals surface area contributed by atoms with Crippen LogP contribution in [0.3, 0.4) is 0 Å². The van der Waals surface area contributed by atoms with E-state index in [1.165, 1.54) is 23.0 Å². The molecule has 0 aromatic carbocycles. The van der Waals surface area contributed by atoms with Crippen molar-refractivity contribution in [3.63, 3.8) is 0 Å². The van der Waals surface area contributed by atoms with Gasteiger partial charge in [-0.3, -0.25) is 0 Å². The third-order valence-corrected chi connectivity index (χ3v) is 4.28. The molecule has 2 N–H and O–H groups in total. The number of aromatic hydroxyl groups is 1. The fraction of sp³-hybridized carbons (Fsp3) is 0.467. The van der Waals surface area contributed by atoms with Gasteiger partial charge in [0.25, 0.3) is 0 Å². The molecule has 1 fully saturated rings. The molecule has 3 nitrogen and oxygen atoms in total. The Morgan fingerprint density at radius 2 is 1.89 bits per heavy atom. The zero-order valence-corrected chi connectivity index (χ0v) is 10.9. The normalized spacial score (nSPS) is 17.4. The van der Waals surface area contributed by atoms with E-state index in [4.69, 9.17) is 4.42 Å². The van der Waals surface area contributed by atoms with Crippen molar-refractivity contribution in [3.8, 4) is 16.9 Å². The lowest BCUT2D eigenvalue weighted by molar-refractivity contribution is 0.431. The second-order valence-corrected chi connectivity index (χ2v) is 5.23. The number of rotatable bonds is 1.